The van der Waals surface area contributed by atoms with Gasteiger partial charge in [-0.2, -0.15) is 0 Å². The highest BCUT2D eigenvalue weighted by atomic mass is 16.5. The Labute approximate surface area is 125 Å². The molecule has 0 aromatic heterocycles. The van der Waals surface area contributed by atoms with Crippen LogP contribution in [-0.2, 0) is 6.42 Å². The Balaban J connectivity index is 1.65. The number of fused-ring (bicyclic) bond motifs is 1. The number of para-hydroxylation sites is 1. The summed E-state index contributed by atoms with van der Waals surface area (Å²) < 4.78 is 5.78. The van der Waals surface area contributed by atoms with Crippen molar-refractivity contribution in [3.05, 3.63) is 65.7 Å². The van der Waals surface area contributed by atoms with E-state index in [2.05, 4.69) is 29.2 Å². The molecular formula is C18H21NO2. The zero-order valence-electron chi connectivity index (χ0n) is 12.3. The van der Waals surface area contributed by atoms with Crippen molar-refractivity contribution in [2.45, 2.75) is 18.6 Å². The van der Waals surface area contributed by atoms with Gasteiger partial charge in [-0.1, -0.05) is 48.5 Å². The molecule has 0 radical (unpaired) electrons. The first-order valence-electron chi connectivity index (χ1n) is 7.39. The van der Waals surface area contributed by atoms with Crippen LogP contribution in [0.4, 0.5) is 0 Å². The number of rotatable bonds is 4. The van der Waals surface area contributed by atoms with E-state index in [1.165, 1.54) is 5.56 Å². The van der Waals surface area contributed by atoms with Gasteiger partial charge in [0.05, 0.1) is 6.04 Å². The third-order valence-corrected chi connectivity index (χ3v) is 4.17. The zero-order chi connectivity index (χ0) is 14.7. The first kappa shape index (κ1) is 14.1. The molecule has 1 N–H and O–H groups in total. The molecule has 2 aromatic rings. The van der Waals surface area contributed by atoms with Crippen LogP contribution in [0.3, 0.4) is 0 Å². The smallest absolute Gasteiger partial charge is 0.125 e. The van der Waals surface area contributed by atoms with Crippen LogP contribution in [0.15, 0.2) is 54.6 Å². The van der Waals surface area contributed by atoms with E-state index in [1.54, 1.807) is 0 Å². The molecule has 3 rings (SSSR count). The fraction of sp³-hybridized carbons (Fsp3) is 0.333. The Bertz CT molecular complexity index is 585. The van der Waals surface area contributed by atoms with Gasteiger partial charge in [0.25, 0.3) is 0 Å². The second kappa shape index (κ2) is 6.29. The molecule has 21 heavy (non-hydrogen) atoms. The lowest BCUT2D eigenvalue weighted by Gasteiger charge is -2.36. The fourth-order valence-corrected chi connectivity index (χ4v) is 2.81. The monoisotopic (exact) mass is 283 g/mol. The molecule has 0 aliphatic carbocycles. The summed E-state index contributed by atoms with van der Waals surface area (Å²) in [5.74, 6) is 0.803. The molecule has 2 unspecified atom stereocenters. The number of aliphatic hydroxyl groups excluding tert-OH is 1. The fourth-order valence-electron chi connectivity index (χ4n) is 2.81. The maximum absolute atomic E-state index is 10.6. The summed E-state index contributed by atoms with van der Waals surface area (Å²) in [5, 5.41) is 10.6. The van der Waals surface area contributed by atoms with E-state index in [4.69, 9.17) is 4.74 Å². The second-order valence-electron chi connectivity index (χ2n) is 5.58. The molecule has 0 saturated heterocycles. The van der Waals surface area contributed by atoms with E-state index in [9.17, 15) is 5.11 Å². The first-order chi connectivity index (χ1) is 10.3. The van der Waals surface area contributed by atoms with Crippen LogP contribution in [-0.4, -0.2) is 36.2 Å². The SMILES string of the molecule is CN(CCc1ccccc1)C1COc2ccccc2C1O. The molecule has 1 heterocycles. The van der Waals surface area contributed by atoms with Crippen molar-refractivity contribution in [2.75, 3.05) is 20.2 Å². The third-order valence-electron chi connectivity index (χ3n) is 4.17. The molecule has 3 nitrogen and oxygen atoms in total. The Morgan fingerprint density at radius 1 is 1.10 bits per heavy atom. The second-order valence-corrected chi connectivity index (χ2v) is 5.58. The number of likely N-dealkylation sites (N-methyl/N-ethyl adjacent to an activating group) is 1. The minimum atomic E-state index is -0.490. The van der Waals surface area contributed by atoms with Crippen LogP contribution < -0.4 is 4.74 Å². The molecule has 0 saturated carbocycles. The van der Waals surface area contributed by atoms with Crippen molar-refractivity contribution in [2.24, 2.45) is 0 Å². The minimum Gasteiger partial charge on any atom is -0.491 e. The van der Waals surface area contributed by atoms with Crippen molar-refractivity contribution in [3.63, 3.8) is 0 Å². The quantitative estimate of drug-likeness (QED) is 0.936. The van der Waals surface area contributed by atoms with E-state index in [-0.39, 0.29) is 6.04 Å². The van der Waals surface area contributed by atoms with Gasteiger partial charge in [-0.15, -0.1) is 0 Å². The van der Waals surface area contributed by atoms with Crippen molar-refractivity contribution in [1.29, 1.82) is 0 Å². The van der Waals surface area contributed by atoms with Crippen LogP contribution >= 0.6 is 0 Å². The van der Waals surface area contributed by atoms with Gasteiger partial charge >= 0.3 is 0 Å². The predicted octanol–water partition coefficient (Wildman–Crippen LogP) is 2.66. The molecule has 0 spiro atoms. The van der Waals surface area contributed by atoms with Gasteiger partial charge in [-0.3, -0.25) is 4.90 Å². The molecule has 0 fully saturated rings. The number of hydrogen-bond donors (Lipinski definition) is 1. The van der Waals surface area contributed by atoms with Gasteiger partial charge in [0.2, 0.25) is 0 Å². The largest absolute Gasteiger partial charge is 0.491 e. The zero-order valence-corrected chi connectivity index (χ0v) is 12.3. The molecule has 2 atom stereocenters. The lowest BCUT2D eigenvalue weighted by atomic mass is 9.98. The lowest BCUT2D eigenvalue weighted by molar-refractivity contribution is 0.0156. The van der Waals surface area contributed by atoms with Crippen LogP contribution in [0, 0.1) is 0 Å². The average Bonchev–Trinajstić information content (AvgIpc) is 2.54. The van der Waals surface area contributed by atoms with E-state index in [0.717, 1.165) is 24.3 Å². The predicted molar refractivity (Wildman–Crippen MR) is 83.5 cm³/mol. The summed E-state index contributed by atoms with van der Waals surface area (Å²) in [5.41, 5.74) is 2.20. The van der Waals surface area contributed by atoms with Gasteiger partial charge in [0, 0.05) is 12.1 Å². The normalized spacial score (nSPS) is 20.9. The number of ether oxygens (including phenoxy) is 1. The van der Waals surface area contributed by atoms with Gasteiger partial charge in [-0.05, 0) is 25.1 Å². The van der Waals surface area contributed by atoms with E-state index >= 15 is 0 Å². The van der Waals surface area contributed by atoms with Crippen LogP contribution in [0.2, 0.25) is 0 Å². The summed E-state index contributed by atoms with van der Waals surface area (Å²) in [6.45, 7) is 1.43. The number of hydrogen-bond acceptors (Lipinski definition) is 3. The summed E-state index contributed by atoms with van der Waals surface area (Å²) in [6, 6.07) is 18.2. The van der Waals surface area contributed by atoms with Crippen molar-refractivity contribution < 1.29 is 9.84 Å². The lowest BCUT2D eigenvalue weighted by Crippen LogP contribution is -2.44. The number of benzene rings is 2. The van der Waals surface area contributed by atoms with Gasteiger partial charge in [-0.25, -0.2) is 0 Å². The first-order valence-corrected chi connectivity index (χ1v) is 7.39. The maximum atomic E-state index is 10.6. The van der Waals surface area contributed by atoms with Gasteiger partial charge in [0.1, 0.15) is 18.5 Å². The van der Waals surface area contributed by atoms with E-state index in [0.29, 0.717) is 6.61 Å². The molecule has 0 amide bonds. The van der Waals surface area contributed by atoms with Crippen molar-refractivity contribution in [3.8, 4) is 5.75 Å². The molecular weight excluding hydrogens is 262 g/mol. The van der Waals surface area contributed by atoms with Crippen molar-refractivity contribution >= 4 is 0 Å². The van der Waals surface area contributed by atoms with Crippen LogP contribution in [0.1, 0.15) is 17.2 Å². The van der Waals surface area contributed by atoms with Crippen LogP contribution in [0.25, 0.3) is 0 Å². The van der Waals surface area contributed by atoms with Crippen LogP contribution in [0.5, 0.6) is 5.75 Å². The van der Waals surface area contributed by atoms with Gasteiger partial charge < -0.3 is 9.84 Å². The standard InChI is InChI=1S/C18H21NO2/c1-19(12-11-14-7-3-2-4-8-14)16-13-21-17-10-6-5-9-15(17)18(16)20/h2-10,16,18,20H,11-13H2,1H3. The molecule has 0 bridgehead atoms. The average molecular weight is 283 g/mol. The highest BCUT2D eigenvalue weighted by Gasteiger charge is 2.31. The summed E-state index contributed by atoms with van der Waals surface area (Å²) in [7, 11) is 2.05. The van der Waals surface area contributed by atoms with E-state index in [1.807, 2.05) is 37.4 Å². The van der Waals surface area contributed by atoms with Gasteiger partial charge in [0.15, 0.2) is 0 Å². The highest BCUT2D eigenvalue weighted by molar-refractivity contribution is 5.37. The molecule has 110 valence electrons. The Morgan fingerprint density at radius 2 is 1.81 bits per heavy atom. The minimum absolute atomic E-state index is 0.00334. The number of aliphatic hydroxyl groups is 1. The summed E-state index contributed by atoms with van der Waals surface area (Å²) >= 11 is 0. The summed E-state index contributed by atoms with van der Waals surface area (Å²) in [6.07, 6.45) is 0.484. The number of nitrogens with zero attached hydrogens (tertiary/aromatic N) is 1. The Kier molecular flexibility index (Phi) is 4.23. The molecule has 1 aliphatic rings. The third kappa shape index (κ3) is 3.09. The van der Waals surface area contributed by atoms with Crippen molar-refractivity contribution in [1.82, 2.24) is 4.90 Å². The Hall–Kier alpha value is -1.84. The maximum Gasteiger partial charge on any atom is 0.125 e. The molecule has 3 heteroatoms. The topological polar surface area (TPSA) is 32.7 Å². The summed E-state index contributed by atoms with van der Waals surface area (Å²) in [4.78, 5) is 2.19. The molecule has 1 aliphatic heterocycles. The highest BCUT2D eigenvalue weighted by Crippen LogP contribution is 2.33. The Morgan fingerprint density at radius 3 is 2.62 bits per heavy atom. The molecule has 2 aromatic carbocycles. The van der Waals surface area contributed by atoms with E-state index < -0.39 is 6.10 Å².